The first-order chi connectivity index (χ1) is 24.9. The van der Waals surface area contributed by atoms with E-state index in [1.807, 2.05) is 13.0 Å². The van der Waals surface area contributed by atoms with Gasteiger partial charge in [0.05, 0.1) is 49.5 Å². The number of fused-ring (bicyclic) bond motifs is 6. The van der Waals surface area contributed by atoms with Crippen molar-refractivity contribution in [3.8, 4) is 23.0 Å². The fourth-order valence-electron chi connectivity index (χ4n) is 8.82. The molecule has 0 radical (unpaired) electrons. The lowest BCUT2D eigenvalue weighted by atomic mass is 9.50. The lowest BCUT2D eigenvalue weighted by Gasteiger charge is -2.53. The van der Waals surface area contributed by atoms with Crippen LogP contribution in [-0.4, -0.2) is 54.4 Å². The second-order valence-electron chi connectivity index (χ2n) is 14.1. The van der Waals surface area contributed by atoms with Crippen molar-refractivity contribution in [2.75, 3.05) is 14.2 Å². The summed E-state index contributed by atoms with van der Waals surface area (Å²) in [5.41, 5.74) is 1.05. The number of allylic oxidation sites excluding steroid dienone is 5. The molecule has 2 aromatic carbocycles. The summed E-state index contributed by atoms with van der Waals surface area (Å²) < 4.78 is 22.1. The number of rotatable bonds is 6. The minimum Gasteiger partial charge on any atom is -0.508 e. The molecule has 52 heavy (non-hydrogen) atoms. The van der Waals surface area contributed by atoms with Crippen LogP contribution in [0.2, 0.25) is 0 Å². The Balaban J connectivity index is 1.18. The number of phenols is 1. The molecule has 1 fully saturated rings. The molecular weight excluding hydrogens is 670 g/mol. The zero-order chi connectivity index (χ0) is 36.8. The molecule has 1 saturated carbocycles. The van der Waals surface area contributed by atoms with E-state index in [0.717, 1.165) is 21.3 Å². The number of Topliss-reactive ketones (excluding diaryl/α,β-unsaturated/α-hetero) is 1. The van der Waals surface area contributed by atoms with E-state index in [0.29, 0.717) is 40.3 Å². The summed E-state index contributed by atoms with van der Waals surface area (Å²) in [5.74, 6) is -0.247. The summed E-state index contributed by atoms with van der Waals surface area (Å²) >= 11 is 0. The molecule has 4 aromatic rings. The van der Waals surface area contributed by atoms with E-state index < -0.39 is 34.7 Å². The van der Waals surface area contributed by atoms with E-state index in [4.69, 9.17) is 14.2 Å². The van der Waals surface area contributed by atoms with Crippen LogP contribution in [0.1, 0.15) is 37.6 Å². The van der Waals surface area contributed by atoms with Gasteiger partial charge in [-0.05, 0) is 54.3 Å². The number of hydrogen-bond donors (Lipinski definition) is 1. The zero-order valence-corrected chi connectivity index (χ0v) is 29.3. The fourth-order valence-corrected chi connectivity index (χ4v) is 8.82. The van der Waals surface area contributed by atoms with Crippen LogP contribution in [0, 0.1) is 17.3 Å². The van der Waals surface area contributed by atoms with Crippen molar-refractivity contribution >= 4 is 22.6 Å². The predicted molar refractivity (Wildman–Crippen MR) is 188 cm³/mol. The van der Waals surface area contributed by atoms with E-state index in [1.165, 1.54) is 40.3 Å². The van der Waals surface area contributed by atoms with Gasteiger partial charge in [-0.3, -0.25) is 14.4 Å². The first-order valence-electron chi connectivity index (χ1n) is 17.1. The number of aromatic hydroxyl groups is 1. The quantitative estimate of drug-likeness (QED) is 0.295. The monoisotopic (exact) mass is 707 g/mol. The topological polar surface area (TPSA) is 166 Å². The van der Waals surface area contributed by atoms with Crippen molar-refractivity contribution in [2.24, 2.45) is 24.3 Å². The fraction of sp³-hybridized carbons (Fsp3) is 0.368. The Kier molecular flexibility index (Phi) is 7.56. The van der Waals surface area contributed by atoms with Gasteiger partial charge in [-0.15, -0.1) is 0 Å². The van der Waals surface area contributed by atoms with Crippen LogP contribution in [0.15, 0.2) is 79.8 Å². The van der Waals surface area contributed by atoms with Gasteiger partial charge in [-0.25, -0.2) is 28.5 Å². The lowest BCUT2D eigenvalue weighted by molar-refractivity contribution is -0.141. The van der Waals surface area contributed by atoms with Crippen LogP contribution in [0.3, 0.4) is 0 Å². The van der Waals surface area contributed by atoms with E-state index in [1.54, 1.807) is 44.5 Å². The van der Waals surface area contributed by atoms with Crippen molar-refractivity contribution in [1.82, 2.24) is 23.5 Å². The zero-order valence-electron chi connectivity index (χ0n) is 29.3. The molecule has 0 saturated heterocycles. The van der Waals surface area contributed by atoms with Crippen LogP contribution in [0.25, 0.3) is 11.0 Å². The summed E-state index contributed by atoms with van der Waals surface area (Å²) in [6, 6.07) is 7.44. The van der Waals surface area contributed by atoms with Gasteiger partial charge in [0.25, 0.3) is 5.56 Å². The Bertz CT molecular complexity index is 2530. The molecule has 4 atom stereocenters. The molecule has 8 rings (SSSR count). The van der Waals surface area contributed by atoms with Gasteiger partial charge in [-0.2, -0.15) is 0 Å². The first-order valence-corrected chi connectivity index (χ1v) is 17.1. The number of carbonyl (C=O) groups is 2. The van der Waals surface area contributed by atoms with Crippen LogP contribution in [0.4, 0.5) is 0 Å². The summed E-state index contributed by atoms with van der Waals surface area (Å²) in [6.07, 6.45) is 5.36. The molecule has 0 spiro atoms. The summed E-state index contributed by atoms with van der Waals surface area (Å²) in [6.45, 7) is 3.40. The van der Waals surface area contributed by atoms with Gasteiger partial charge >= 0.3 is 11.4 Å². The molecule has 2 aromatic heterocycles. The average Bonchev–Trinajstić information content (AvgIpc) is 3.38. The molecule has 1 N–H and O–H groups in total. The number of ether oxygens (including phenoxy) is 3. The van der Waals surface area contributed by atoms with Gasteiger partial charge in [0, 0.05) is 56.0 Å². The van der Waals surface area contributed by atoms with Crippen LogP contribution in [0.5, 0.6) is 23.0 Å². The number of nitrogens with zero attached hydrogens (tertiary/aromatic N) is 5. The number of ketones is 2. The second-order valence-corrected chi connectivity index (χ2v) is 14.1. The number of carbonyl (C=O) groups excluding carboxylic acids is 2. The maximum absolute atomic E-state index is 14.3. The summed E-state index contributed by atoms with van der Waals surface area (Å²) in [5, 5.41) is 10.2. The molecule has 268 valence electrons. The van der Waals surface area contributed by atoms with E-state index in [2.05, 4.69) is 4.98 Å². The Labute approximate surface area is 296 Å². The molecule has 2 aliphatic heterocycles. The first kappa shape index (κ1) is 33.2. The molecule has 14 heteroatoms. The molecular formula is C38H37N5O9. The van der Waals surface area contributed by atoms with Crippen molar-refractivity contribution in [3.63, 3.8) is 0 Å². The van der Waals surface area contributed by atoms with Crippen LogP contribution < -0.4 is 31.1 Å². The number of phenolic OH excluding ortho intramolecular Hbond substituents is 1. The highest BCUT2D eigenvalue weighted by Crippen LogP contribution is 2.59. The smallest absolute Gasteiger partial charge is 0.347 e. The van der Waals surface area contributed by atoms with Crippen molar-refractivity contribution in [1.29, 1.82) is 0 Å². The van der Waals surface area contributed by atoms with Crippen LogP contribution >= 0.6 is 0 Å². The van der Waals surface area contributed by atoms with Crippen LogP contribution in [-0.2, 0) is 42.6 Å². The summed E-state index contributed by atoms with van der Waals surface area (Å²) in [4.78, 5) is 74.0. The number of hydrogen-bond acceptors (Lipinski definition) is 10. The number of benzene rings is 2. The Morgan fingerprint density at radius 3 is 2.54 bits per heavy atom. The van der Waals surface area contributed by atoms with E-state index >= 15 is 0 Å². The highest BCUT2D eigenvalue weighted by molar-refractivity contribution is 6.13. The Morgan fingerprint density at radius 2 is 1.79 bits per heavy atom. The van der Waals surface area contributed by atoms with Gasteiger partial charge in [0.2, 0.25) is 0 Å². The van der Waals surface area contributed by atoms with Gasteiger partial charge < -0.3 is 23.9 Å². The minimum atomic E-state index is -1.18. The van der Waals surface area contributed by atoms with Gasteiger partial charge in [0.15, 0.2) is 23.1 Å². The SMILES string of the molecule is COc1cc2nc(CCn3c(=O)n4n(c3=O)[C@@H]3C[C@H]5C(=O)C=C(C)C(=O)[C@@]5(C)[C@@H](C5=COc6ccc(O)cc6C5)C3=CC4)c(=O)n(C)c2cc1OC. The lowest BCUT2D eigenvalue weighted by Crippen LogP contribution is -2.56. The standard InChI is InChI=1S/C38H37N5O9/c1-19-12-29(45)24-15-27-23(33(38(24,2)34(19)46)21-13-20-14-22(44)6-7-30(20)52-18-21)8-11-42-36(48)41(37(49)43(27)42)10-9-25-35(47)40(3)28-17-32(51-5)31(50-4)16-26(28)39-25/h6-8,12,14,16-18,24,27,33,44H,9-11,13,15H2,1-5H3/t24-,27+,33-,38+/m0/s1. The third kappa shape index (κ3) is 4.69. The van der Waals surface area contributed by atoms with E-state index in [9.17, 15) is 29.1 Å². The van der Waals surface area contributed by atoms with Gasteiger partial charge in [-0.1, -0.05) is 13.0 Å². The third-order valence-corrected chi connectivity index (χ3v) is 11.4. The third-order valence-electron chi connectivity index (χ3n) is 11.4. The normalized spacial score (nSPS) is 23.4. The molecule has 0 bridgehead atoms. The predicted octanol–water partition coefficient (Wildman–Crippen LogP) is 2.76. The molecule has 0 amide bonds. The minimum absolute atomic E-state index is 0.00205. The maximum Gasteiger partial charge on any atom is 0.347 e. The number of methoxy groups -OCH3 is 2. The molecule has 4 aliphatic rings. The average molecular weight is 708 g/mol. The molecule has 0 unspecified atom stereocenters. The summed E-state index contributed by atoms with van der Waals surface area (Å²) in [7, 11) is 4.61. The highest BCUT2D eigenvalue weighted by atomic mass is 16.5. The second kappa shape index (κ2) is 11.8. The van der Waals surface area contributed by atoms with Crippen molar-refractivity contribution in [2.45, 2.75) is 52.2 Å². The largest absolute Gasteiger partial charge is 0.508 e. The van der Waals surface area contributed by atoms with Crippen molar-refractivity contribution < 1.29 is 28.9 Å². The molecule has 14 nitrogen and oxygen atoms in total. The molecule has 4 heterocycles. The number of aryl methyl sites for hydroxylation is 2. The highest BCUT2D eigenvalue weighted by Gasteiger charge is 2.60. The maximum atomic E-state index is 14.3. The van der Waals surface area contributed by atoms with E-state index in [-0.39, 0.29) is 54.5 Å². The Hall–Kier alpha value is -5.92. The Morgan fingerprint density at radius 1 is 1.04 bits per heavy atom. The van der Waals surface area contributed by atoms with Crippen molar-refractivity contribution in [3.05, 3.63) is 108 Å². The molecule has 2 aliphatic carbocycles. The van der Waals surface area contributed by atoms with Gasteiger partial charge in [0.1, 0.15) is 17.2 Å². The number of aromatic nitrogens is 5.